The summed E-state index contributed by atoms with van der Waals surface area (Å²) in [6.07, 6.45) is 1.28. The minimum Gasteiger partial charge on any atom is -0.496 e. The highest BCUT2D eigenvalue weighted by Crippen LogP contribution is 2.36. The van der Waals surface area contributed by atoms with E-state index in [9.17, 15) is 4.79 Å². The van der Waals surface area contributed by atoms with Crippen LogP contribution in [0.4, 0.5) is 5.69 Å². The lowest BCUT2D eigenvalue weighted by molar-refractivity contribution is -0.142. The Morgan fingerprint density at radius 3 is 2.94 bits per heavy atom. The number of fused-ring (bicyclic) bond motifs is 1. The van der Waals surface area contributed by atoms with E-state index < -0.39 is 11.5 Å². The van der Waals surface area contributed by atoms with Gasteiger partial charge in [0.1, 0.15) is 11.3 Å². The average molecular weight is 221 g/mol. The first-order valence-electron chi connectivity index (χ1n) is 5.24. The molecule has 2 rings (SSSR count). The molecule has 1 aliphatic rings. The molecule has 0 amide bonds. The number of carbonyl (C=O) groups is 1. The van der Waals surface area contributed by atoms with Crippen LogP contribution in [0, 0.1) is 0 Å². The molecule has 1 aliphatic heterocycles. The summed E-state index contributed by atoms with van der Waals surface area (Å²) in [7, 11) is 1.63. The number of methoxy groups -OCH3 is 1. The van der Waals surface area contributed by atoms with E-state index in [1.54, 1.807) is 14.0 Å². The molecule has 1 heterocycles. The van der Waals surface area contributed by atoms with Crippen molar-refractivity contribution in [3.63, 3.8) is 0 Å². The molecule has 1 aromatic carbocycles. The predicted molar refractivity (Wildman–Crippen MR) is 61.0 cm³/mol. The van der Waals surface area contributed by atoms with Crippen LogP contribution in [0.25, 0.3) is 0 Å². The Hall–Kier alpha value is -1.71. The van der Waals surface area contributed by atoms with Gasteiger partial charge in [0.05, 0.1) is 7.11 Å². The van der Waals surface area contributed by atoms with E-state index in [2.05, 4.69) is 5.32 Å². The summed E-state index contributed by atoms with van der Waals surface area (Å²) >= 11 is 0. The average Bonchev–Trinajstić information content (AvgIpc) is 2.27. The number of hydrogen-bond acceptors (Lipinski definition) is 3. The Balaban J connectivity index is 2.39. The molecule has 1 unspecified atom stereocenters. The number of nitrogens with one attached hydrogen (secondary N) is 1. The molecular formula is C12H15NO3. The summed E-state index contributed by atoms with van der Waals surface area (Å²) in [6.45, 7) is 1.71. The quantitative estimate of drug-likeness (QED) is 0.800. The lowest BCUT2D eigenvalue weighted by Crippen LogP contribution is -2.46. The zero-order valence-corrected chi connectivity index (χ0v) is 9.41. The highest BCUT2D eigenvalue weighted by molar-refractivity contribution is 5.84. The topological polar surface area (TPSA) is 58.6 Å². The first-order chi connectivity index (χ1) is 7.57. The molecule has 0 bridgehead atoms. The van der Waals surface area contributed by atoms with E-state index in [4.69, 9.17) is 9.84 Å². The van der Waals surface area contributed by atoms with Crippen molar-refractivity contribution in [2.24, 2.45) is 0 Å². The molecule has 0 aliphatic carbocycles. The normalized spacial score (nSPS) is 23.1. The van der Waals surface area contributed by atoms with Gasteiger partial charge in [-0.25, -0.2) is 4.79 Å². The van der Waals surface area contributed by atoms with Crippen LogP contribution in [0.3, 0.4) is 0 Å². The minimum atomic E-state index is -0.876. The third-order valence-corrected chi connectivity index (χ3v) is 3.11. The van der Waals surface area contributed by atoms with Gasteiger partial charge in [0.15, 0.2) is 0 Å². The summed E-state index contributed by atoms with van der Waals surface area (Å²) in [5.74, 6) is -0.00147. The molecule has 16 heavy (non-hydrogen) atoms. The SMILES string of the molecule is COc1cccc2c1CCC(C)(C(=O)O)N2. The van der Waals surface area contributed by atoms with Crippen molar-refractivity contribution >= 4 is 11.7 Å². The van der Waals surface area contributed by atoms with Crippen LogP contribution in [-0.4, -0.2) is 23.7 Å². The van der Waals surface area contributed by atoms with Crippen LogP contribution >= 0.6 is 0 Å². The Bertz CT molecular complexity index is 430. The van der Waals surface area contributed by atoms with Gasteiger partial charge < -0.3 is 15.2 Å². The lowest BCUT2D eigenvalue weighted by Gasteiger charge is -2.33. The molecule has 0 spiro atoms. The fourth-order valence-electron chi connectivity index (χ4n) is 2.03. The Morgan fingerprint density at radius 2 is 2.31 bits per heavy atom. The van der Waals surface area contributed by atoms with Gasteiger partial charge in [-0.05, 0) is 31.9 Å². The highest BCUT2D eigenvalue weighted by atomic mass is 16.5. The molecule has 0 saturated carbocycles. The monoisotopic (exact) mass is 221 g/mol. The van der Waals surface area contributed by atoms with Crippen LogP contribution in [0.5, 0.6) is 5.75 Å². The molecule has 0 aromatic heterocycles. The molecule has 0 saturated heterocycles. The number of aliphatic carboxylic acids is 1. The maximum absolute atomic E-state index is 11.1. The van der Waals surface area contributed by atoms with Gasteiger partial charge in [-0.1, -0.05) is 6.07 Å². The maximum Gasteiger partial charge on any atom is 0.329 e. The molecule has 86 valence electrons. The Labute approximate surface area is 94.2 Å². The number of benzene rings is 1. The zero-order chi connectivity index (χ0) is 11.8. The summed E-state index contributed by atoms with van der Waals surface area (Å²) < 4.78 is 5.25. The number of hydrogen-bond donors (Lipinski definition) is 2. The predicted octanol–water partition coefficient (Wildman–Crippen LogP) is 1.90. The van der Waals surface area contributed by atoms with Gasteiger partial charge in [-0.2, -0.15) is 0 Å². The van der Waals surface area contributed by atoms with Gasteiger partial charge in [-0.3, -0.25) is 0 Å². The smallest absolute Gasteiger partial charge is 0.329 e. The number of carboxylic acids is 1. The fourth-order valence-corrected chi connectivity index (χ4v) is 2.03. The van der Waals surface area contributed by atoms with Crippen LogP contribution < -0.4 is 10.1 Å². The third kappa shape index (κ3) is 1.60. The molecule has 4 heteroatoms. The van der Waals surface area contributed by atoms with Gasteiger partial charge >= 0.3 is 5.97 Å². The zero-order valence-electron chi connectivity index (χ0n) is 9.41. The van der Waals surface area contributed by atoms with Gasteiger partial charge in [-0.15, -0.1) is 0 Å². The number of ether oxygens (including phenoxy) is 1. The van der Waals surface area contributed by atoms with Crippen molar-refractivity contribution < 1.29 is 14.6 Å². The largest absolute Gasteiger partial charge is 0.496 e. The molecule has 0 radical (unpaired) electrons. The van der Waals surface area contributed by atoms with Crippen LogP contribution in [0.15, 0.2) is 18.2 Å². The van der Waals surface area contributed by atoms with E-state index in [0.29, 0.717) is 6.42 Å². The molecule has 4 nitrogen and oxygen atoms in total. The number of anilines is 1. The first kappa shape index (κ1) is 10.8. The Kier molecular flexibility index (Phi) is 2.50. The third-order valence-electron chi connectivity index (χ3n) is 3.11. The standard InChI is InChI=1S/C12H15NO3/c1-12(11(14)15)7-6-8-9(13-12)4-3-5-10(8)16-2/h3-5,13H,6-7H2,1-2H3,(H,14,15). The highest BCUT2D eigenvalue weighted by Gasteiger charge is 2.37. The summed E-state index contributed by atoms with van der Waals surface area (Å²) in [5.41, 5.74) is 1.04. The van der Waals surface area contributed by atoms with Crippen molar-refractivity contribution in [3.05, 3.63) is 23.8 Å². The molecule has 0 fully saturated rings. The first-order valence-corrected chi connectivity index (χ1v) is 5.24. The van der Waals surface area contributed by atoms with Crippen LogP contribution in [0.2, 0.25) is 0 Å². The second-order valence-corrected chi connectivity index (χ2v) is 4.25. The van der Waals surface area contributed by atoms with Crippen molar-refractivity contribution in [3.8, 4) is 5.75 Å². The number of carboxylic acid groups (broad SMARTS) is 1. The van der Waals surface area contributed by atoms with Crippen LogP contribution in [0.1, 0.15) is 18.9 Å². The van der Waals surface area contributed by atoms with E-state index in [0.717, 1.165) is 23.4 Å². The fraction of sp³-hybridized carbons (Fsp3) is 0.417. The van der Waals surface area contributed by atoms with Crippen LogP contribution in [-0.2, 0) is 11.2 Å². The summed E-state index contributed by atoms with van der Waals surface area (Å²) in [5, 5.41) is 12.2. The van der Waals surface area contributed by atoms with Gasteiger partial charge in [0.2, 0.25) is 0 Å². The molecule has 1 atom stereocenters. The van der Waals surface area contributed by atoms with Crippen molar-refractivity contribution in [2.45, 2.75) is 25.3 Å². The lowest BCUT2D eigenvalue weighted by atomic mass is 9.87. The van der Waals surface area contributed by atoms with E-state index >= 15 is 0 Å². The second-order valence-electron chi connectivity index (χ2n) is 4.25. The Morgan fingerprint density at radius 1 is 1.56 bits per heavy atom. The van der Waals surface area contributed by atoms with E-state index in [-0.39, 0.29) is 0 Å². The maximum atomic E-state index is 11.1. The molecule has 1 aromatic rings. The minimum absolute atomic E-state index is 0.565. The number of rotatable bonds is 2. The van der Waals surface area contributed by atoms with Gasteiger partial charge in [0.25, 0.3) is 0 Å². The van der Waals surface area contributed by atoms with Crippen molar-refractivity contribution in [1.82, 2.24) is 0 Å². The molecular weight excluding hydrogens is 206 g/mol. The summed E-state index contributed by atoms with van der Waals surface area (Å²) in [6, 6.07) is 5.64. The summed E-state index contributed by atoms with van der Waals surface area (Å²) in [4.78, 5) is 11.1. The second kappa shape index (κ2) is 3.70. The van der Waals surface area contributed by atoms with Crippen molar-refractivity contribution in [2.75, 3.05) is 12.4 Å². The van der Waals surface area contributed by atoms with Gasteiger partial charge in [0, 0.05) is 11.3 Å². The molecule has 2 N–H and O–H groups in total. The van der Waals surface area contributed by atoms with E-state index in [1.807, 2.05) is 18.2 Å². The van der Waals surface area contributed by atoms with E-state index in [1.165, 1.54) is 0 Å². The van der Waals surface area contributed by atoms with Crippen molar-refractivity contribution in [1.29, 1.82) is 0 Å².